The lowest BCUT2D eigenvalue weighted by atomic mass is 10.2. The van der Waals surface area contributed by atoms with Gasteiger partial charge in [-0.25, -0.2) is 9.97 Å². The van der Waals surface area contributed by atoms with Crippen LogP contribution in [0.4, 0.5) is 0 Å². The van der Waals surface area contributed by atoms with Crippen molar-refractivity contribution in [2.75, 3.05) is 0 Å². The third-order valence-electron chi connectivity index (χ3n) is 1.89. The number of halogens is 1. The van der Waals surface area contributed by atoms with E-state index < -0.39 is 0 Å². The molecule has 0 fully saturated rings. The zero-order valence-corrected chi connectivity index (χ0v) is 10.5. The van der Waals surface area contributed by atoms with E-state index in [1.54, 1.807) is 24.2 Å². The Morgan fingerprint density at radius 3 is 2.47 bits per heavy atom. The van der Waals surface area contributed by atoms with Crippen LogP contribution in [0, 0.1) is 6.92 Å². The van der Waals surface area contributed by atoms with Gasteiger partial charge in [0.05, 0.1) is 4.47 Å². The average Bonchev–Trinajstić information content (AvgIpc) is 2.25. The predicted octanol–water partition coefficient (Wildman–Crippen LogP) is 3.70. The van der Waals surface area contributed by atoms with Gasteiger partial charge in [0.2, 0.25) is 0 Å². The van der Waals surface area contributed by atoms with Gasteiger partial charge >= 0.3 is 0 Å². The fourth-order valence-electron chi connectivity index (χ4n) is 1.12. The summed E-state index contributed by atoms with van der Waals surface area (Å²) in [7, 11) is 0. The molecule has 2 rings (SSSR count). The van der Waals surface area contributed by atoms with Crippen molar-refractivity contribution in [2.45, 2.75) is 17.0 Å². The molecule has 0 aliphatic rings. The van der Waals surface area contributed by atoms with Crippen molar-refractivity contribution in [3.8, 4) is 0 Å². The van der Waals surface area contributed by atoms with Gasteiger partial charge in [0.1, 0.15) is 0 Å². The molecule has 4 heteroatoms. The lowest BCUT2D eigenvalue weighted by molar-refractivity contribution is 0.957. The van der Waals surface area contributed by atoms with E-state index in [2.05, 4.69) is 45.0 Å². The summed E-state index contributed by atoms with van der Waals surface area (Å²) >= 11 is 4.89. The highest BCUT2D eigenvalue weighted by Crippen LogP contribution is 2.27. The lowest BCUT2D eigenvalue weighted by Crippen LogP contribution is -1.86. The monoisotopic (exact) mass is 280 g/mol. The van der Waals surface area contributed by atoms with Crippen LogP contribution in [-0.2, 0) is 0 Å². The SMILES string of the molecule is Cc1ccccc1Sc1ncc(Br)cn1. The Morgan fingerprint density at radius 2 is 1.80 bits per heavy atom. The van der Waals surface area contributed by atoms with Crippen molar-refractivity contribution >= 4 is 27.7 Å². The van der Waals surface area contributed by atoms with E-state index in [1.807, 2.05) is 12.1 Å². The highest BCUT2D eigenvalue weighted by atomic mass is 79.9. The first-order valence-electron chi connectivity index (χ1n) is 4.47. The summed E-state index contributed by atoms with van der Waals surface area (Å²) in [6.45, 7) is 2.08. The lowest BCUT2D eigenvalue weighted by Gasteiger charge is -2.02. The molecule has 15 heavy (non-hydrogen) atoms. The van der Waals surface area contributed by atoms with Crippen LogP contribution in [0.5, 0.6) is 0 Å². The van der Waals surface area contributed by atoms with Gasteiger partial charge in [-0.05, 0) is 46.2 Å². The molecule has 0 radical (unpaired) electrons. The Morgan fingerprint density at radius 1 is 1.13 bits per heavy atom. The fraction of sp³-hybridized carbons (Fsp3) is 0.0909. The molecule has 0 N–H and O–H groups in total. The Kier molecular flexibility index (Phi) is 3.38. The largest absolute Gasteiger partial charge is 0.230 e. The van der Waals surface area contributed by atoms with Crippen molar-refractivity contribution in [1.82, 2.24) is 9.97 Å². The molecule has 0 amide bonds. The maximum Gasteiger partial charge on any atom is 0.192 e. The van der Waals surface area contributed by atoms with Crippen LogP contribution in [0.3, 0.4) is 0 Å². The van der Waals surface area contributed by atoms with Crippen molar-refractivity contribution in [3.05, 3.63) is 46.7 Å². The summed E-state index contributed by atoms with van der Waals surface area (Å²) in [4.78, 5) is 9.63. The molecule has 1 aromatic heterocycles. The number of hydrogen-bond acceptors (Lipinski definition) is 3. The smallest absolute Gasteiger partial charge is 0.192 e. The molecule has 0 saturated heterocycles. The Balaban J connectivity index is 2.22. The van der Waals surface area contributed by atoms with Crippen molar-refractivity contribution in [2.24, 2.45) is 0 Å². The molecule has 1 aromatic carbocycles. The summed E-state index contributed by atoms with van der Waals surface area (Å²) in [6.07, 6.45) is 3.52. The zero-order valence-electron chi connectivity index (χ0n) is 8.14. The van der Waals surface area contributed by atoms with Crippen molar-refractivity contribution in [3.63, 3.8) is 0 Å². The van der Waals surface area contributed by atoms with E-state index >= 15 is 0 Å². The van der Waals surface area contributed by atoms with Gasteiger partial charge in [-0.3, -0.25) is 0 Å². The Labute approximate surface area is 101 Å². The molecule has 0 unspecified atom stereocenters. The minimum atomic E-state index is 0.771. The topological polar surface area (TPSA) is 25.8 Å². The summed E-state index contributed by atoms with van der Waals surface area (Å²) < 4.78 is 0.900. The van der Waals surface area contributed by atoms with Crippen LogP contribution in [0.2, 0.25) is 0 Å². The van der Waals surface area contributed by atoms with E-state index in [4.69, 9.17) is 0 Å². The fourth-order valence-corrected chi connectivity index (χ4v) is 2.11. The molecular formula is C11H9BrN2S. The van der Waals surface area contributed by atoms with Crippen molar-refractivity contribution in [1.29, 1.82) is 0 Å². The summed E-state index contributed by atoms with van der Waals surface area (Å²) in [5.74, 6) is 0. The summed E-state index contributed by atoms with van der Waals surface area (Å²) in [5.41, 5.74) is 1.24. The first-order chi connectivity index (χ1) is 7.25. The first kappa shape index (κ1) is 10.6. The van der Waals surface area contributed by atoms with Gasteiger partial charge in [-0.2, -0.15) is 0 Å². The van der Waals surface area contributed by atoms with E-state index in [1.165, 1.54) is 10.5 Å². The minimum Gasteiger partial charge on any atom is -0.230 e. The van der Waals surface area contributed by atoms with Crippen LogP contribution in [0.15, 0.2) is 51.2 Å². The van der Waals surface area contributed by atoms with Gasteiger partial charge in [0, 0.05) is 17.3 Å². The highest BCUT2D eigenvalue weighted by molar-refractivity contribution is 9.10. The maximum atomic E-state index is 4.22. The molecule has 76 valence electrons. The van der Waals surface area contributed by atoms with E-state index in [9.17, 15) is 0 Å². The molecule has 2 nitrogen and oxygen atoms in total. The molecule has 0 atom stereocenters. The maximum absolute atomic E-state index is 4.22. The summed E-state index contributed by atoms with van der Waals surface area (Å²) in [6, 6.07) is 8.21. The third-order valence-corrected chi connectivity index (χ3v) is 3.37. The van der Waals surface area contributed by atoms with E-state index in [0.29, 0.717) is 0 Å². The molecule has 0 saturated carbocycles. The third kappa shape index (κ3) is 2.79. The molecule has 1 heterocycles. The van der Waals surface area contributed by atoms with E-state index in [-0.39, 0.29) is 0 Å². The second-order valence-corrected chi connectivity index (χ2v) is 4.98. The van der Waals surface area contributed by atoms with Gasteiger partial charge in [-0.15, -0.1) is 0 Å². The normalized spacial score (nSPS) is 10.3. The first-order valence-corrected chi connectivity index (χ1v) is 6.08. The zero-order chi connectivity index (χ0) is 10.7. The Bertz CT molecular complexity index is 456. The molecular weight excluding hydrogens is 272 g/mol. The second kappa shape index (κ2) is 4.77. The minimum absolute atomic E-state index is 0.771. The number of aryl methyl sites for hydroxylation is 1. The van der Waals surface area contributed by atoms with Gasteiger partial charge in [0.15, 0.2) is 5.16 Å². The van der Waals surface area contributed by atoms with Crippen molar-refractivity contribution < 1.29 is 0 Å². The molecule has 0 spiro atoms. The van der Waals surface area contributed by atoms with Gasteiger partial charge < -0.3 is 0 Å². The highest BCUT2D eigenvalue weighted by Gasteiger charge is 2.02. The van der Waals surface area contributed by atoms with Crippen LogP contribution >= 0.6 is 27.7 Å². The quantitative estimate of drug-likeness (QED) is 0.785. The Hall–Kier alpha value is -0.870. The summed E-state index contributed by atoms with van der Waals surface area (Å²) in [5, 5.41) is 0.771. The second-order valence-electron chi connectivity index (χ2n) is 3.05. The number of nitrogens with zero attached hydrogens (tertiary/aromatic N) is 2. The molecule has 0 aliphatic heterocycles. The predicted molar refractivity (Wildman–Crippen MR) is 65.0 cm³/mol. The standard InChI is InChI=1S/C11H9BrN2S/c1-8-4-2-3-5-10(8)15-11-13-6-9(12)7-14-11/h2-7H,1H3. The van der Waals surface area contributed by atoms with Crippen LogP contribution in [-0.4, -0.2) is 9.97 Å². The number of hydrogen-bond donors (Lipinski definition) is 0. The van der Waals surface area contributed by atoms with Crippen LogP contribution < -0.4 is 0 Å². The van der Waals surface area contributed by atoms with Gasteiger partial charge in [-0.1, -0.05) is 18.2 Å². The number of rotatable bonds is 2. The van der Waals surface area contributed by atoms with E-state index in [0.717, 1.165) is 9.63 Å². The number of benzene rings is 1. The average molecular weight is 281 g/mol. The van der Waals surface area contributed by atoms with Crippen LogP contribution in [0.25, 0.3) is 0 Å². The van der Waals surface area contributed by atoms with Gasteiger partial charge in [0.25, 0.3) is 0 Å². The molecule has 0 bridgehead atoms. The van der Waals surface area contributed by atoms with Crippen LogP contribution in [0.1, 0.15) is 5.56 Å². The number of aromatic nitrogens is 2. The molecule has 2 aromatic rings. The molecule has 0 aliphatic carbocycles.